The molecular weight excluding hydrogens is 268 g/mol. The predicted molar refractivity (Wildman–Crippen MR) is 60.5 cm³/mol. The highest BCUT2D eigenvalue weighted by Crippen LogP contribution is 2.59. The molecule has 0 N–H and O–H groups in total. The molecule has 0 radical (unpaired) electrons. The van der Waals surface area contributed by atoms with Gasteiger partial charge in [-0.1, -0.05) is 0 Å². The Hall–Kier alpha value is -2.18. The van der Waals surface area contributed by atoms with E-state index in [4.69, 9.17) is 9.47 Å². The van der Waals surface area contributed by atoms with E-state index in [-0.39, 0.29) is 12.2 Å². The van der Waals surface area contributed by atoms with Gasteiger partial charge in [-0.25, -0.2) is 0 Å². The fraction of sp³-hybridized carbons (Fsp3) is 0.538. The number of carbonyl (C=O) groups excluding carboxylic acids is 4. The molecule has 7 nitrogen and oxygen atoms in total. The molecule has 20 heavy (non-hydrogen) atoms. The van der Waals surface area contributed by atoms with Gasteiger partial charge in [-0.05, 0) is 6.08 Å². The minimum absolute atomic E-state index is 0.255. The highest BCUT2D eigenvalue weighted by molar-refractivity contribution is 5.99. The van der Waals surface area contributed by atoms with Crippen molar-refractivity contribution < 1.29 is 33.4 Å². The summed E-state index contributed by atoms with van der Waals surface area (Å²) in [5.41, 5.74) is -1.24. The second kappa shape index (κ2) is 3.91. The number of rotatable bonds is 2. The number of hydrogen-bond donors (Lipinski definition) is 0. The summed E-state index contributed by atoms with van der Waals surface area (Å²) in [6.07, 6.45) is 1.72. The van der Waals surface area contributed by atoms with Gasteiger partial charge in [0.25, 0.3) is 0 Å². The van der Waals surface area contributed by atoms with Crippen molar-refractivity contribution in [2.24, 2.45) is 17.8 Å². The van der Waals surface area contributed by atoms with Crippen LogP contribution in [0.15, 0.2) is 11.8 Å². The van der Waals surface area contributed by atoms with Crippen molar-refractivity contribution in [2.45, 2.75) is 25.9 Å². The molecule has 0 aromatic carbocycles. The summed E-state index contributed by atoms with van der Waals surface area (Å²) < 4.78 is 15.0. The van der Waals surface area contributed by atoms with Crippen molar-refractivity contribution in [3.8, 4) is 0 Å². The largest absolute Gasteiger partial charge is 0.454 e. The first-order chi connectivity index (χ1) is 9.34. The third-order valence-electron chi connectivity index (χ3n) is 3.93. The van der Waals surface area contributed by atoms with Crippen LogP contribution >= 0.6 is 0 Å². The Bertz CT molecular complexity index is 575. The maximum absolute atomic E-state index is 11.8. The summed E-state index contributed by atoms with van der Waals surface area (Å²) in [6, 6.07) is 0. The summed E-state index contributed by atoms with van der Waals surface area (Å²) in [6.45, 7) is 2.46. The molecule has 4 atom stereocenters. The molecule has 0 spiro atoms. The van der Waals surface area contributed by atoms with Crippen LogP contribution in [0, 0.1) is 17.8 Å². The van der Waals surface area contributed by atoms with Gasteiger partial charge in [0.15, 0.2) is 0 Å². The maximum atomic E-state index is 11.8. The number of allylic oxidation sites excluding steroid dienone is 1. The Morgan fingerprint density at radius 1 is 1.25 bits per heavy atom. The second-order valence-corrected chi connectivity index (χ2v) is 5.24. The summed E-state index contributed by atoms with van der Waals surface area (Å²) >= 11 is 0. The topological polar surface area (TPSA) is 96.0 Å². The Morgan fingerprint density at radius 2 is 1.95 bits per heavy atom. The zero-order chi connectivity index (χ0) is 14.7. The van der Waals surface area contributed by atoms with E-state index in [1.54, 1.807) is 0 Å². The van der Waals surface area contributed by atoms with Crippen LogP contribution in [0.3, 0.4) is 0 Å². The third-order valence-corrected chi connectivity index (χ3v) is 3.93. The lowest BCUT2D eigenvalue weighted by Gasteiger charge is -2.28. The van der Waals surface area contributed by atoms with Crippen LogP contribution in [0.25, 0.3) is 0 Å². The smallest absolute Gasteiger partial charge is 0.321 e. The quantitative estimate of drug-likeness (QED) is 0.401. The van der Waals surface area contributed by atoms with E-state index in [0.717, 1.165) is 0 Å². The zero-order valence-electron chi connectivity index (χ0n) is 10.9. The first kappa shape index (κ1) is 12.8. The number of ether oxygens (including phenoxy) is 3. The first-order valence-electron chi connectivity index (χ1n) is 6.20. The molecule has 2 aliphatic carbocycles. The normalized spacial score (nSPS) is 37.3. The van der Waals surface area contributed by atoms with Crippen LogP contribution in [-0.2, 0) is 33.4 Å². The molecule has 7 heteroatoms. The van der Waals surface area contributed by atoms with Crippen LogP contribution < -0.4 is 0 Å². The van der Waals surface area contributed by atoms with Gasteiger partial charge >= 0.3 is 23.9 Å². The van der Waals surface area contributed by atoms with Crippen LogP contribution in [-0.4, -0.2) is 29.5 Å². The van der Waals surface area contributed by atoms with E-state index in [1.165, 1.54) is 19.9 Å². The van der Waals surface area contributed by atoms with E-state index in [9.17, 15) is 19.2 Å². The van der Waals surface area contributed by atoms with Crippen LogP contribution in [0.2, 0.25) is 0 Å². The monoisotopic (exact) mass is 280 g/mol. The average Bonchev–Trinajstić information content (AvgIpc) is 2.87. The Labute approximate surface area is 113 Å². The molecule has 1 saturated carbocycles. The molecule has 106 valence electrons. The van der Waals surface area contributed by atoms with Gasteiger partial charge in [0.2, 0.25) is 0 Å². The van der Waals surface area contributed by atoms with Gasteiger partial charge in [-0.15, -0.1) is 0 Å². The second-order valence-electron chi connectivity index (χ2n) is 5.24. The van der Waals surface area contributed by atoms with Crippen molar-refractivity contribution in [2.75, 3.05) is 0 Å². The molecule has 3 rings (SSSR count). The minimum Gasteiger partial charge on any atom is -0.454 e. The molecule has 1 saturated heterocycles. The van der Waals surface area contributed by atoms with E-state index in [0.29, 0.717) is 0 Å². The molecule has 0 aromatic heterocycles. The van der Waals surface area contributed by atoms with Crippen LogP contribution in [0.5, 0.6) is 0 Å². The first-order valence-corrected chi connectivity index (χ1v) is 6.20. The molecule has 0 aromatic rings. The van der Waals surface area contributed by atoms with E-state index >= 15 is 0 Å². The number of fused-ring (bicyclic) bond motifs is 5. The SMILES string of the molecule is CC(=O)OC1=CC2(OC(C)=O)CC1C1C(=O)OC(=O)C12. The molecule has 1 aliphatic heterocycles. The molecule has 3 aliphatic rings. The van der Waals surface area contributed by atoms with Gasteiger partial charge in [-0.2, -0.15) is 0 Å². The van der Waals surface area contributed by atoms with Crippen molar-refractivity contribution in [1.29, 1.82) is 0 Å². The summed E-state index contributed by atoms with van der Waals surface area (Å²) in [5, 5.41) is 0. The molecule has 2 bridgehead atoms. The standard InChI is InChI=1S/C13H12O7/c1-5(14)18-8-4-13(20-6(2)15)3-7(8)9-10(13)12(17)19-11(9)16/h4,7,9-10H,3H2,1-2H3. The Balaban J connectivity index is 2.03. The van der Waals surface area contributed by atoms with Crippen molar-refractivity contribution >= 4 is 23.9 Å². The Kier molecular flexibility index (Phi) is 2.51. The van der Waals surface area contributed by atoms with Gasteiger partial charge in [-0.3, -0.25) is 19.2 Å². The van der Waals surface area contributed by atoms with E-state index in [2.05, 4.69) is 4.74 Å². The highest BCUT2D eigenvalue weighted by atomic mass is 16.6. The van der Waals surface area contributed by atoms with Gasteiger partial charge in [0, 0.05) is 26.2 Å². The third kappa shape index (κ3) is 1.59. The number of cyclic esters (lactones) is 2. The average molecular weight is 280 g/mol. The summed E-state index contributed by atoms with van der Waals surface area (Å²) in [4.78, 5) is 45.9. The number of hydrogen-bond acceptors (Lipinski definition) is 7. The predicted octanol–water partition coefficient (Wildman–Crippen LogP) is 0.0846. The van der Waals surface area contributed by atoms with Crippen LogP contribution in [0.1, 0.15) is 20.3 Å². The van der Waals surface area contributed by atoms with Gasteiger partial charge in [0.05, 0.1) is 5.92 Å². The summed E-state index contributed by atoms with van der Waals surface area (Å²) in [5.74, 6) is -4.25. The molecule has 2 fully saturated rings. The minimum atomic E-state index is -1.24. The summed E-state index contributed by atoms with van der Waals surface area (Å²) in [7, 11) is 0. The van der Waals surface area contributed by atoms with Crippen LogP contribution in [0.4, 0.5) is 0 Å². The van der Waals surface area contributed by atoms with E-state index in [1.807, 2.05) is 0 Å². The molecule has 4 unspecified atom stereocenters. The number of carbonyl (C=O) groups is 4. The van der Waals surface area contributed by atoms with Gasteiger partial charge in [0.1, 0.15) is 17.3 Å². The fourth-order valence-corrected chi connectivity index (χ4v) is 3.46. The fourth-order valence-electron chi connectivity index (χ4n) is 3.46. The van der Waals surface area contributed by atoms with Crippen molar-refractivity contribution in [3.05, 3.63) is 11.8 Å². The van der Waals surface area contributed by atoms with Gasteiger partial charge < -0.3 is 14.2 Å². The zero-order valence-corrected chi connectivity index (χ0v) is 10.9. The molecule has 0 amide bonds. The number of esters is 4. The van der Waals surface area contributed by atoms with Crippen molar-refractivity contribution in [1.82, 2.24) is 0 Å². The van der Waals surface area contributed by atoms with E-state index < -0.39 is 47.2 Å². The molecular formula is C13H12O7. The molecule has 1 heterocycles. The lowest BCUT2D eigenvalue weighted by Crippen LogP contribution is -2.41. The lowest BCUT2D eigenvalue weighted by molar-refractivity contribution is -0.162. The lowest BCUT2D eigenvalue weighted by atomic mass is 9.82. The maximum Gasteiger partial charge on any atom is 0.321 e. The highest BCUT2D eigenvalue weighted by Gasteiger charge is 2.70. The Morgan fingerprint density at radius 3 is 2.55 bits per heavy atom. The van der Waals surface area contributed by atoms with Crippen molar-refractivity contribution in [3.63, 3.8) is 0 Å².